The molecular weight excluding hydrogens is 448 g/mol. The maximum atomic E-state index is 12.3. The highest BCUT2D eigenvalue weighted by atomic mass is 35.5. The number of thiazole rings is 1. The number of imidazole rings is 1. The molecule has 1 N–H and O–H groups in total. The quantitative estimate of drug-likeness (QED) is 0.546. The second-order valence-electron chi connectivity index (χ2n) is 7.61. The summed E-state index contributed by atoms with van der Waals surface area (Å²) in [5.41, 5.74) is 1.60. The zero-order chi connectivity index (χ0) is 21.6. The summed E-state index contributed by atoms with van der Waals surface area (Å²) in [6.45, 7) is 5.78. The van der Waals surface area contributed by atoms with Crippen molar-refractivity contribution in [3.63, 3.8) is 0 Å². The standard InChI is InChI=1S/C19H19ClN4O4S2/c1-19(2,3)28-18(25)22-7-6-12-10-14(5-4-13(12)11-22)24(30(26)27)16-15(20)21-17-23(16)8-9-29-17/h4-10H,11H2,1-3H3,(H,26,27). The Bertz CT molecular complexity index is 1180. The number of carbonyl (C=O) groups excluding carboxylic acids is 1. The first-order valence-electron chi connectivity index (χ1n) is 8.97. The van der Waals surface area contributed by atoms with Gasteiger partial charge in [-0.25, -0.2) is 18.3 Å². The fourth-order valence-electron chi connectivity index (χ4n) is 3.08. The van der Waals surface area contributed by atoms with Crippen LogP contribution in [0.25, 0.3) is 11.0 Å². The Balaban J connectivity index is 1.67. The zero-order valence-corrected chi connectivity index (χ0v) is 18.8. The number of halogens is 1. The van der Waals surface area contributed by atoms with E-state index in [4.69, 9.17) is 16.3 Å². The summed E-state index contributed by atoms with van der Waals surface area (Å²) in [4.78, 5) is 18.7. The molecule has 1 atom stereocenters. The van der Waals surface area contributed by atoms with Gasteiger partial charge < -0.3 is 4.74 Å². The predicted octanol–water partition coefficient (Wildman–Crippen LogP) is 5.05. The van der Waals surface area contributed by atoms with Crippen molar-refractivity contribution in [3.05, 3.63) is 52.3 Å². The molecule has 158 valence electrons. The predicted molar refractivity (Wildman–Crippen MR) is 118 cm³/mol. The second-order valence-corrected chi connectivity index (χ2v) is 9.67. The average Bonchev–Trinajstić information content (AvgIpc) is 3.21. The first-order chi connectivity index (χ1) is 14.1. The van der Waals surface area contributed by atoms with Gasteiger partial charge in [-0.1, -0.05) is 17.7 Å². The van der Waals surface area contributed by atoms with E-state index < -0.39 is 23.0 Å². The summed E-state index contributed by atoms with van der Waals surface area (Å²) in [5.74, 6) is 0.309. The van der Waals surface area contributed by atoms with Gasteiger partial charge in [0.15, 0.2) is 15.9 Å². The van der Waals surface area contributed by atoms with Crippen LogP contribution in [0.3, 0.4) is 0 Å². The first kappa shape index (κ1) is 20.9. The number of fused-ring (bicyclic) bond motifs is 2. The van der Waals surface area contributed by atoms with E-state index in [2.05, 4.69) is 4.98 Å². The van der Waals surface area contributed by atoms with Crippen LogP contribution >= 0.6 is 22.9 Å². The molecule has 30 heavy (non-hydrogen) atoms. The lowest BCUT2D eigenvalue weighted by Crippen LogP contribution is -2.34. The van der Waals surface area contributed by atoms with Gasteiger partial charge >= 0.3 is 6.09 Å². The van der Waals surface area contributed by atoms with Gasteiger partial charge in [0.1, 0.15) is 5.60 Å². The molecule has 0 saturated heterocycles. The van der Waals surface area contributed by atoms with Crippen molar-refractivity contribution in [1.29, 1.82) is 0 Å². The van der Waals surface area contributed by atoms with Crippen molar-refractivity contribution in [1.82, 2.24) is 14.3 Å². The monoisotopic (exact) mass is 466 g/mol. The van der Waals surface area contributed by atoms with Gasteiger partial charge in [-0.3, -0.25) is 13.9 Å². The molecule has 2 aromatic heterocycles. The maximum absolute atomic E-state index is 12.3. The number of carbonyl (C=O) groups is 1. The van der Waals surface area contributed by atoms with Crippen molar-refractivity contribution in [2.45, 2.75) is 32.9 Å². The van der Waals surface area contributed by atoms with Crippen LogP contribution in [0.4, 0.5) is 16.3 Å². The molecule has 0 bridgehead atoms. The third-order valence-electron chi connectivity index (χ3n) is 4.31. The molecule has 3 heterocycles. The summed E-state index contributed by atoms with van der Waals surface area (Å²) in [7, 11) is 0. The molecule has 0 fully saturated rings. The Morgan fingerprint density at radius 2 is 2.17 bits per heavy atom. The van der Waals surface area contributed by atoms with E-state index in [0.717, 1.165) is 11.1 Å². The number of benzene rings is 1. The Kier molecular flexibility index (Phi) is 5.35. The van der Waals surface area contributed by atoms with Crippen LogP contribution in [0.2, 0.25) is 5.15 Å². The van der Waals surface area contributed by atoms with Gasteiger partial charge in [-0.05, 0) is 50.1 Å². The normalized spacial score (nSPS) is 14.6. The van der Waals surface area contributed by atoms with Crippen LogP contribution in [-0.2, 0) is 22.5 Å². The average molecular weight is 467 g/mol. The largest absolute Gasteiger partial charge is 0.443 e. The van der Waals surface area contributed by atoms with Crippen LogP contribution in [0.1, 0.15) is 31.9 Å². The zero-order valence-electron chi connectivity index (χ0n) is 16.4. The topological polar surface area (TPSA) is 87.4 Å². The van der Waals surface area contributed by atoms with E-state index in [0.29, 0.717) is 23.0 Å². The summed E-state index contributed by atoms with van der Waals surface area (Å²) in [6, 6.07) is 5.29. The van der Waals surface area contributed by atoms with E-state index in [-0.39, 0.29) is 5.15 Å². The number of aromatic nitrogens is 2. The molecular formula is C19H19ClN4O4S2. The first-order valence-corrected chi connectivity index (χ1v) is 11.3. The highest BCUT2D eigenvalue weighted by Gasteiger charge is 2.27. The number of amides is 1. The molecule has 4 rings (SSSR count). The van der Waals surface area contributed by atoms with Gasteiger partial charge in [-0.15, -0.1) is 11.3 Å². The molecule has 0 radical (unpaired) electrons. The summed E-state index contributed by atoms with van der Waals surface area (Å²) in [5, 5.41) is 1.95. The molecule has 1 amide bonds. The lowest BCUT2D eigenvalue weighted by atomic mass is 10.0. The van der Waals surface area contributed by atoms with Gasteiger partial charge in [0.25, 0.3) is 11.3 Å². The van der Waals surface area contributed by atoms with Crippen molar-refractivity contribution in [2.24, 2.45) is 0 Å². The highest BCUT2D eigenvalue weighted by molar-refractivity contribution is 7.81. The number of ether oxygens (including phenoxy) is 1. The maximum Gasteiger partial charge on any atom is 0.414 e. The Morgan fingerprint density at radius 1 is 1.40 bits per heavy atom. The molecule has 0 saturated carbocycles. The molecule has 1 aromatic carbocycles. The van der Waals surface area contributed by atoms with E-state index in [1.165, 1.54) is 20.5 Å². The second kappa shape index (κ2) is 7.69. The molecule has 1 aliphatic heterocycles. The summed E-state index contributed by atoms with van der Waals surface area (Å²) < 4.78 is 30.5. The van der Waals surface area contributed by atoms with Crippen molar-refractivity contribution >= 4 is 62.8 Å². The lowest BCUT2D eigenvalue weighted by molar-refractivity contribution is 0.0322. The molecule has 1 aliphatic rings. The van der Waals surface area contributed by atoms with Crippen LogP contribution in [-0.4, -0.2) is 34.7 Å². The molecule has 3 aromatic rings. The number of anilines is 2. The van der Waals surface area contributed by atoms with Gasteiger partial charge in [0, 0.05) is 17.8 Å². The van der Waals surface area contributed by atoms with Crippen molar-refractivity contribution in [3.8, 4) is 0 Å². The Morgan fingerprint density at radius 3 is 2.87 bits per heavy atom. The fraction of sp³-hybridized carbons (Fsp3) is 0.263. The molecule has 1 unspecified atom stereocenters. The van der Waals surface area contributed by atoms with Crippen molar-refractivity contribution < 1.29 is 18.3 Å². The Labute approximate surface area is 184 Å². The van der Waals surface area contributed by atoms with E-state index in [9.17, 15) is 13.6 Å². The number of hydrogen-bond donors (Lipinski definition) is 1. The van der Waals surface area contributed by atoms with Crippen LogP contribution < -0.4 is 4.31 Å². The molecule has 11 heteroatoms. The number of rotatable bonds is 3. The third-order valence-corrected chi connectivity index (χ3v) is 6.02. The van der Waals surface area contributed by atoms with Gasteiger partial charge in [0.2, 0.25) is 0 Å². The van der Waals surface area contributed by atoms with E-state index in [1.54, 1.807) is 35.0 Å². The minimum atomic E-state index is -2.38. The lowest BCUT2D eigenvalue weighted by Gasteiger charge is -2.28. The van der Waals surface area contributed by atoms with Crippen molar-refractivity contribution in [2.75, 3.05) is 4.31 Å². The van der Waals surface area contributed by atoms with Crippen LogP contribution in [0.15, 0.2) is 36.0 Å². The van der Waals surface area contributed by atoms with Crippen LogP contribution in [0, 0.1) is 0 Å². The highest BCUT2D eigenvalue weighted by Crippen LogP contribution is 2.36. The minimum absolute atomic E-state index is 0.133. The summed E-state index contributed by atoms with van der Waals surface area (Å²) in [6.07, 6.45) is 4.72. The third kappa shape index (κ3) is 3.95. The smallest absolute Gasteiger partial charge is 0.414 e. The van der Waals surface area contributed by atoms with E-state index >= 15 is 0 Å². The molecule has 0 spiro atoms. The minimum Gasteiger partial charge on any atom is -0.443 e. The van der Waals surface area contributed by atoms with Gasteiger partial charge in [-0.2, -0.15) is 0 Å². The molecule has 8 nitrogen and oxygen atoms in total. The Hall–Kier alpha value is -2.40. The fourth-order valence-corrected chi connectivity index (χ4v) is 4.76. The van der Waals surface area contributed by atoms with Gasteiger partial charge in [0.05, 0.1) is 12.2 Å². The molecule has 0 aliphatic carbocycles. The number of nitrogens with zero attached hydrogens (tertiary/aromatic N) is 4. The SMILES string of the molecule is CC(C)(C)OC(=O)N1C=Cc2cc(N(c3c(Cl)nc4sccn34)S(=O)O)ccc2C1. The number of hydrogen-bond acceptors (Lipinski definition) is 5. The van der Waals surface area contributed by atoms with Crippen LogP contribution in [0.5, 0.6) is 0 Å². The van der Waals surface area contributed by atoms with E-state index in [1.807, 2.05) is 32.2 Å². The summed E-state index contributed by atoms with van der Waals surface area (Å²) >= 11 is 5.26.